The highest BCUT2D eigenvalue weighted by atomic mass is 35.5. The van der Waals surface area contributed by atoms with Crippen molar-refractivity contribution < 1.29 is 16.9 Å². The van der Waals surface area contributed by atoms with Gasteiger partial charge in [0, 0.05) is 19.6 Å². The van der Waals surface area contributed by atoms with E-state index in [2.05, 4.69) is 58.4 Å². The molecule has 0 aromatic rings. The van der Waals surface area contributed by atoms with Crippen LogP contribution in [0.5, 0.6) is 0 Å². The Hall–Kier alpha value is -0.650. The van der Waals surface area contributed by atoms with E-state index >= 15 is 0 Å². The quantitative estimate of drug-likeness (QED) is 0.132. The highest BCUT2D eigenvalue weighted by Crippen LogP contribution is 2.07. The summed E-state index contributed by atoms with van der Waals surface area (Å²) in [6.45, 7) is 19.0. The van der Waals surface area contributed by atoms with E-state index in [4.69, 9.17) is 5.73 Å². The van der Waals surface area contributed by atoms with Crippen LogP contribution in [-0.2, 0) is 0 Å². The summed E-state index contributed by atoms with van der Waals surface area (Å²) in [5.41, 5.74) is 4.91. The summed E-state index contributed by atoms with van der Waals surface area (Å²) in [4.78, 5) is 0. The molecule has 0 aliphatic heterocycles. The number of quaternary nitrogens is 1. The topological polar surface area (TPSA) is 50.1 Å². The third-order valence-corrected chi connectivity index (χ3v) is 4.88. The van der Waals surface area contributed by atoms with Gasteiger partial charge in [-0.1, -0.05) is 76.5 Å². The zero-order valence-corrected chi connectivity index (χ0v) is 23.7. The standard InChI is InChI=1S/C13H27N.C12H27N2.C3H7N.ClH/c1-3-5-6-7-8-9-10-11-13-14-12-4-2;1-5-10-13-11-8-6-7-9-12-14(2,3)4;1-2-3-4;/h4,14H,2-3,5-13H2,1H3;5,13H,1,6-12H2,2-4H3;2H,1,3-4H2;1H/q;+1;;/p-1. The van der Waals surface area contributed by atoms with Gasteiger partial charge in [-0.15, -0.1) is 19.7 Å². The Bertz CT molecular complexity index is 367. The Kier molecular flexibility index (Phi) is 43.1. The van der Waals surface area contributed by atoms with Gasteiger partial charge < -0.3 is 33.3 Å². The van der Waals surface area contributed by atoms with Gasteiger partial charge in [-0.25, -0.2) is 0 Å². The summed E-state index contributed by atoms with van der Waals surface area (Å²) in [5.74, 6) is 0. The molecule has 0 rings (SSSR count). The fourth-order valence-electron chi connectivity index (χ4n) is 2.98. The maximum absolute atomic E-state index is 4.91. The summed E-state index contributed by atoms with van der Waals surface area (Å²) in [7, 11) is 6.77. The van der Waals surface area contributed by atoms with Gasteiger partial charge in [0.25, 0.3) is 0 Å². The minimum absolute atomic E-state index is 0. The average molecular weight is 489 g/mol. The van der Waals surface area contributed by atoms with Crippen LogP contribution in [0.1, 0.15) is 84.0 Å². The minimum Gasteiger partial charge on any atom is -1.00 e. The largest absolute Gasteiger partial charge is 1.00 e. The van der Waals surface area contributed by atoms with Crippen molar-refractivity contribution in [3.05, 3.63) is 38.0 Å². The number of rotatable bonds is 21. The number of halogens is 1. The first-order chi connectivity index (χ1) is 15.4. The molecule has 4 nitrogen and oxygen atoms in total. The van der Waals surface area contributed by atoms with Crippen LogP contribution >= 0.6 is 0 Å². The molecule has 0 spiro atoms. The molecule has 0 aliphatic carbocycles. The number of nitrogens with two attached hydrogens (primary N) is 1. The van der Waals surface area contributed by atoms with E-state index in [9.17, 15) is 0 Å². The molecule has 4 N–H and O–H groups in total. The number of hydrogen-bond acceptors (Lipinski definition) is 3. The fourth-order valence-corrected chi connectivity index (χ4v) is 2.98. The van der Waals surface area contributed by atoms with Crippen molar-refractivity contribution in [2.24, 2.45) is 5.73 Å². The minimum atomic E-state index is 0. The molecule has 0 atom stereocenters. The molecule has 0 aliphatic rings. The van der Waals surface area contributed by atoms with Gasteiger partial charge in [-0.05, 0) is 38.8 Å². The average Bonchev–Trinajstić information content (AvgIpc) is 2.77. The molecule has 0 aromatic heterocycles. The highest BCUT2D eigenvalue weighted by Gasteiger charge is 2.04. The second-order valence-corrected chi connectivity index (χ2v) is 9.41. The molecule has 0 bridgehead atoms. The maximum Gasteiger partial charge on any atom is 0.0780 e. The predicted molar refractivity (Wildman–Crippen MR) is 149 cm³/mol. The second-order valence-electron chi connectivity index (χ2n) is 9.41. The Balaban J connectivity index is -0.000000213. The molecule has 200 valence electrons. The summed E-state index contributed by atoms with van der Waals surface area (Å²) < 4.78 is 1.09. The van der Waals surface area contributed by atoms with Crippen LogP contribution in [0, 0.1) is 0 Å². The van der Waals surface area contributed by atoms with E-state index < -0.39 is 0 Å². The molecular weight excluding hydrogens is 428 g/mol. The molecule has 0 unspecified atom stereocenters. The van der Waals surface area contributed by atoms with Crippen LogP contribution in [0.2, 0.25) is 0 Å². The smallest absolute Gasteiger partial charge is 0.0780 e. The van der Waals surface area contributed by atoms with Gasteiger partial charge in [-0.3, -0.25) is 0 Å². The number of hydrogen-bond donors (Lipinski definition) is 3. The lowest BCUT2D eigenvalue weighted by Crippen LogP contribution is -3.00. The summed E-state index contributed by atoms with van der Waals surface area (Å²) in [5, 5.41) is 6.65. The van der Waals surface area contributed by atoms with Crippen LogP contribution in [0.3, 0.4) is 0 Å². The Morgan fingerprint density at radius 1 is 0.636 bits per heavy atom. The first kappa shape index (κ1) is 39.6. The highest BCUT2D eigenvalue weighted by molar-refractivity contribution is 4.69. The molecule has 33 heavy (non-hydrogen) atoms. The maximum atomic E-state index is 4.91. The lowest BCUT2D eigenvalue weighted by molar-refractivity contribution is -0.870. The van der Waals surface area contributed by atoms with Crippen molar-refractivity contribution in [2.45, 2.75) is 84.0 Å². The third-order valence-electron chi connectivity index (χ3n) is 4.88. The molecule has 0 amide bonds. The Morgan fingerprint density at radius 3 is 1.33 bits per heavy atom. The van der Waals surface area contributed by atoms with E-state index in [0.717, 1.165) is 30.7 Å². The molecule has 0 radical (unpaired) electrons. The predicted octanol–water partition coefficient (Wildman–Crippen LogP) is 3.07. The van der Waals surface area contributed by atoms with E-state index in [1.165, 1.54) is 83.6 Å². The fraction of sp³-hybridized carbons (Fsp3) is 0.786. The molecular formula is C28H61ClN4. The normalized spacial score (nSPS) is 10.1. The zero-order chi connectivity index (χ0) is 24.8. The van der Waals surface area contributed by atoms with Crippen LogP contribution in [-0.4, -0.2) is 64.9 Å². The first-order valence-corrected chi connectivity index (χ1v) is 13.1. The number of nitrogens with zero attached hydrogens (tertiary/aromatic N) is 1. The SMILES string of the molecule is C=CCN.C=CCNCCCCCCCCCC.C=CCNCCCCCC[N+](C)(C)C.[Cl-]. The van der Waals surface area contributed by atoms with Crippen LogP contribution < -0.4 is 28.8 Å². The van der Waals surface area contributed by atoms with E-state index in [0.29, 0.717) is 6.54 Å². The lowest BCUT2D eigenvalue weighted by atomic mass is 10.1. The van der Waals surface area contributed by atoms with Crippen molar-refractivity contribution in [1.82, 2.24) is 10.6 Å². The van der Waals surface area contributed by atoms with Crippen LogP contribution in [0.15, 0.2) is 38.0 Å². The van der Waals surface area contributed by atoms with Gasteiger partial charge in [-0.2, -0.15) is 0 Å². The van der Waals surface area contributed by atoms with Crippen molar-refractivity contribution >= 4 is 0 Å². The monoisotopic (exact) mass is 488 g/mol. The Morgan fingerprint density at radius 2 is 1.00 bits per heavy atom. The molecule has 0 saturated heterocycles. The van der Waals surface area contributed by atoms with Crippen LogP contribution in [0.25, 0.3) is 0 Å². The zero-order valence-electron chi connectivity index (χ0n) is 23.0. The van der Waals surface area contributed by atoms with E-state index in [1.54, 1.807) is 6.08 Å². The molecule has 0 fully saturated rings. The van der Waals surface area contributed by atoms with E-state index in [1.807, 2.05) is 12.2 Å². The van der Waals surface area contributed by atoms with Gasteiger partial charge >= 0.3 is 0 Å². The third kappa shape index (κ3) is 54.1. The number of unbranched alkanes of at least 4 members (excludes halogenated alkanes) is 10. The Labute approximate surface area is 215 Å². The van der Waals surface area contributed by atoms with Gasteiger partial charge in [0.15, 0.2) is 0 Å². The van der Waals surface area contributed by atoms with Gasteiger partial charge in [0.1, 0.15) is 0 Å². The van der Waals surface area contributed by atoms with Gasteiger partial charge in [0.05, 0.1) is 27.7 Å². The van der Waals surface area contributed by atoms with Crippen molar-refractivity contribution in [3.63, 3.8) is 0 Å². The summed E-state index contributed by atoms with van der Waals surface area (Å²) in [6.07, 6.45) is 22.1. The molecule has 0 aromatic carbocycles. The van der Waals surface area contributed by atoms with Crippen molar-refractivity contribution in [1.29, 1.82) is 0 Å². The lowest BCUT2D eigenvalue weighted by Gasteiger charge is -2.23. The number of nitrogens with one attached hydrogen (secondary N) is 2. The van der Waals surface area contributed by atoms with Gasteiger partial charge in [0.2, 0.25) is 0 Å². The van der Waals surface area contributed by atoms with Crippen molar-refractivity contribution in [2.75, 3.05) is 60.4 Å². The first-order valence-electron chi connectivity index (χ1n) is 13.1. The molecule has 5 heteroatoms. The van der Waals surface area contributed by atoms with Crippen molar-refractivity contribution in [3.8, 4) is 0 Å². The summed E-state index contributed by atoms with van der Waals surface area (Å²) in [6, 6.07) is 0. The molecule has 0 saturated carbocycles. The molecule has 0 heterocycles. The second kappa shape index (κ2) is 35.9. The summed E-state index contributed by atoms with van der Waals surface area (Å²) >= 11 is 0. The van der Waals surface area contributed by atoms with Crippen LogP contribution in [0.4, 0.5) is 0 Å². The van der Waals surface area contributed by atoms with E-state index in [-0.39, 0.29) is 12.4 Å².